The molecular formula is C14H17ClO4. The lowest BCUT2D eigenvalue weighted by atomic mass is 9.96. The maximum absolute atomic E-state index is 11.4. The largest absolute Gasteiger partial charge is 0.489 e. The van der Waals surface area contributed by atoms with E-state index in [2.05, 4.69) is 0 Å². The van der Waals surface area contributed by atoms with Gasteiger partial charge in [-0.3, -0.25) is 0 Å². The van der Waals surface area contributed by atoms with Crippen LogP contribution in [0.1, 0.15) is 37.9 Å². The van der Waals surface area contributed by atoms with Crippen molar-refractivity contribution in [2.24, 2.45) is 0 Å². The van der Waals surface area contributed by atoms with Crippen molar-refractivity contribution < 1.29 is 19.4 Å². The zero-order chi connectivity index (χ0) is 13.8. The first-order valence-electron chi connectivity index (χ1n) is 6.42. The van der Waals surface area contributed by atoms with Crippen molar-refractivity contribution in [1.82, 2.24) is 0 Å². The molecule has 1 saturated carbocycles. The van der Waals surface area contributed by atoms with E-state index < -0.39 is 12.1 Å². The van der Waals surface area contributed by atoms with Crippen molar-refractivity contribution in [3.8, 4) is 5.75 Å². The lowest BCUT2D eigenvalue weighted by molar-refractivity contribution is -0.153. The Labute approximate surface area is 117 Å². The summed E-state index contributed by atoms with van der Waals surface area (Å²) in [5.41, 5.74) is 0.407. The molecule has 1 atom stereocenters. The molecule has 0 heterocycles. The average Bonchev–Trinajstić information content (AvgIpc) is 2.34. The second kappa shape index (κ2) is 6.26. The molecule has 1 N–H and O–H groups in total. The maximum Gasteiger partial charge on any atom is 0.339 e. The fraction of sp³-hybridized carbons (Fsp3) is 0.500. The minimum Gasteiger partial charge on any atom is -0.489 e. The van der Waals surface area contributed by atoms with Gasteiger partial charge in [0.15, 0.2) is 6.10 Å². The van der Waals surface area contributed by atoms with Gasteiger partial charge in [0.2, 0.25) is 0 Å². The van der Waals surface area contributed by atoms with Crippen LogP contribution in [0, 0.1) is 0 Å². The second-order valence-electron chi connectivity index (χ2n) is 4.52. The molecule has 19 heavy (non-hydrogen) atoms. The number of aliphatic hydroxyl groups is 1. The minimum absolute atomic E-state index is 0.229. The van der Waals surface area contributed by atoms with Crippen molar-refractivity contribution in [2.45, 2.75) is 38.4 Å². The van der Waals surface area contributed by atoms with E-state index in [1.54, 1.807) is 19.1 Å². The molecule has 0 saturated heterocycles. The number of esters is 1. The van der Waals surface area contributed by atoms with Crippen molar-refractivity contribution in [3.05, 3.63) is 28.8 Å². The van der Waals surface area contributed by atoms with Gasteiger partial charge in [-0.15, -0.1) is 0 Å². The lowest BCUT2D eigenvalue weighted by Crippen LogP contribution is -2.24. The summed E-state index contributed by atoms with van der Waals surface area (Å²) >= 11 is 6.09. The monoisotopic (exact) mass is 284 g/mol. The van der Waals surface area contributed by atoms with Crippen LogP contribution in [0.5, 0.6) is 5.75 Å². The van der Waals surface area contributed by atoms with Crippen molar-refractivity contribution in [3.63, 3.8) is 0 Å². The fourth-order valence-electron chi connectivity index (χ4n) is 1.81. The Balaban J connectivity index is 2.06. The molecule has 1 aliphatic carbocycles. The van der Waals surface area contributed by atoms with Crippen LogP contribution in [0.3, 0.4) is 0 Å². The molecule has 0 amide bonds. The first-order chi connectivity index (χ1) is 9.11. The van der Waals surface area contributed by atoms with E-state index >= 15 is 0 Å². The van der Waals surface area contributed by atoms with Gasteiger partial charge >= 0.3 is 5.97 Å². The molecule has 1 aliphatic rings. The first-order valence-corrected chi connectivity index (χ1v) is 6.80. The summed E-state index contributed by atoms with van der Waals surface area (Å²) in [4.78, 5) is 11.4. The van der Waals surface area contributed by atoms with Crippen molar-refractivity contribution >= 4 is 17.6 Å². The Hall–Kier alpha value is -1.26. The lowest BCUT2D eigenvalue weighted by Gasteiger charge is -2.27. The first kappa shape index (κ1) is 14.2. The molecular weight excluding hydrogens is 268 g/mol. The van der Waals surface area contributed by atoms with Gasteiger partial charge < -0.3 is 14.6 Å². The molecule has 4 nitrogen and oxygen atoms in total. The van der Waals surface area contributed by atoms with Gasteiger partial charge in [0.05, 0.1) is 17.7 Å². The SMILES string of the molecule is CCOC(=O)C(O)c1ccc(OC2CCC2)c(Cl)c1. The van der Waals surface area contributed by atoms with Gasteiger partial charge in [0.1, 0.15) is 5.75 Å². The summed E-state index contributed by atoms with van der Waals surface area (Å²) in [6, 6.07) is 4.84. The van der Waals surface area contributed by atoms with E-state index in [0.29, 0.717) is 16.3 Å². The highest BCUT2D eigenvalue weighted by Gasteiger charge is 2.22. The third-order valence-electron chi connectivity index (χ3n) is 3.13. The molecule has 5 heteroatoms. The minimum atomic E-state index is -1.31. The van der Waals surface area contributed by atoms with Crippen LogP contribution in [0.15, 0.2) is 18.2 Å². The number of halogens is 1. The van der Waals surface area contributed by atoms with Gasteiger partial charge in [0, 0.05) is 0 Å². The standard InChI is InChI=1S/C14H17ClO4/c1-2-18-14(17)13(16)9-6-7-12(11(15)8-9)19-10-4-3-5-10/h6-8,10,13,16H,2-5H2,1H3. The average molecular weight is 285 g/mol. The Bertz CT molecular complexity index is 457. The molecule has 0 aliphatic heterocycles. The number of benzene rings is 1. The van der Waals surface area contributed by atoms with E-state index in [4.69, 9.17) is 21.1 Å². The summed E-state index contributed by atoms with van der Waals surface area (Å²) in [6.45, 7) is 1.92. The molecule has 104 valence electrons. The van der Waals surface area contributed by atoms with Crippen LogP contribution >= 0.6 is 11.6 Å². The smallest absolute Gasteiger partial charge is 0.339 e. The van der Waals surface area contributed by atoms with Crippen LogP contribution in [0.2, 0.25) is 5.02 Å². The maximum atomic E-state index is 11.4. The topological polar surface area (TPSA) is 55.8 Å². The molecule has 1 fully saturated rings. The summed E-state index contributed by atoms with van der Waals surface area (Å²) in [5, 5.41) is 10.2. The van der Waals surface area contributed by atoms with Gasteiger partial charge in [-0.2, -0.15) is 0 Å². The highest BCUT2D eigenvalue weighted by atomic mass is 35.5. The fourth-order valence-corrected chi connectivity index (χ4v) is 2.04. The Morgan fingerprint density at radius 1 is 1.53 bits per heavy atom. The number of hydrogen-bond acceptors (Lipinski definition) is 4. The number of carbonyl (C=O) groups is 1. The molecule has 0 spiro atoms. The quantitative estimate of drug-likeness (QED) is 0.845. The number of ether oxygens (including phenoxy) is 2. The van der Waals surface area contributed by atoms with Crippen molar-refractivity contribution in [2.75, 3.05) is 6.61 Å². The molecule has 0 bridgehead atoms. The number of rotatable bonds is 5. The Kier molecular flexibility index (Phi) is 4.66. The van der Waals surface area contributed by atoms with E-state index in [1.807, 2.05) is 0 Å². The molecule has 2 rings (SSSR count). The second-order valence-corrected chi connectivity index (χ2v) is 4.92. The van der Waals surface area contributed by atoms with Crippen LogP contribution < -0.4 is 4.74 Å². The van der Waals surface area contributed by atoms with E-state index in [-0.39, 0.29) is 12.7 Å². The van der Waals surface area contributed by atoms with E-state index in [0.717, 1.165) is 12.8 Å². The molecule has 1 aromatic rings. The van der Waals surface area contributed by atoms with Crippen LogP contribution in [0.25, 0.3) is 0 Å². The highest BCUT2D eigenvalue weighted by Crippen LogP contribution is 2.32. The molecule has 0 radical (unpaired) electrons. The predicted octanol–water partition coefficient (Wildman–Crippen LogP) is 2.87. The van der Waals surface area contributed by atoms with E-state index in [1.165, 1.54) is 12.5 Å². The Morgan fingerprint density at radius 3 is 2.79 bits per heavy atom. The third kappa shape index (κ3) is 3.39. The molecule has 1 aromatic carbocycles. The normalized spacial score (nSPS) is 16.6. The van der Waals surface area contributed by atoms with Gasteiger partial charge in [-0.1, -0.05) is 17.7 Å². The van der Waals surface area contributed by atoms with Gasteiger partial charge in [-0.25, -0.2) is 4.79 Å². The Morgan fingerprint density at radius 2 is 2.26 bits per heavy atom. The predicted molar refractivity (Wildman–Crippen MR) is 71.3 cm³/mol. The van der Waals surface area contributed by atoms with Crippen LogP contribution in [-0.2, 0) is 9.53 Å². The molecule has 1 unspecified atom stereocenters. The summed E-state index contributed by atoms with van der Waals surface area (Å²) < 4.78 is 10.5. The molecule has 0 aromatic heterocycles. The van der Waals surface area contributed by atoms with Crippen LogP contribution in [-0.4, -0.2) is 23.8 Å². The summed E-state index contributed by atoms with van der Waals surface area (Å²) in [7, 11) is 0. The summed E-state index contributed by atoms with van der Waals surface area (Å²) in [6.07, 6.45) is 2.20. The number of carbonyl (C=O) groups excluding carboxylic acids is 1. The highest BCUT2D eigenvalue weighted by molar-refractivity contribution is 6.32. The number of aliphatic hydroxyl groups excluding tert-OH is 1. The summed E-state index contributed by atoms with van der Waals surface area (Å²) in [5.74, 6) is -0.0857. The van der Waals surface area contributed by atoms with E-state index in [9.17, 15) is 9.90 Å². The third-order valence-corrected chi connectivity index (χ3v) is 3.42. The zero-order valence-corrected chi connectivity index (χ0v) is 11.5. The van der Waals surface area contributed by atoms with Crippen LogP contribution in [0.4, 0.5) is 0 Å². The number of hydrogen-bond donors (Lipinski definition) is 1. The van der Waals surface area contributed by atoms with Gasteiger partial charge in [0.25, 0.3) is 0 Å². The van der Waals surface area contributed by atoms with Crippen molar-refractivity contribution in [1.29, 1.82) is 0 Å². The van der Waals surface area contributed by atoms with Gasteiger partial charge in [-0.05, 0) is 43.9 Å². The zero-order valence-electron chi connectivity index (χ0n) is 10.8.